The van der Waals surface area contributed by atoms with Crippen molar-refractivity contribution in [1.82, 2.24) is 4.98 Å². The number of thiazole rings is 1. The monoisotopic (exact) mass is 249 g/mol. The zero-order valence-electron chi connectivity index (χ0n) is 9.21. The van der Waals surface area contributed by atoms with Crippen LogP contribution >= 0.6 is 11.3 Å². The van der Waals surface area contributed by atoms with Gasteiger partial charge < -0.3 is 5.32 Å². The largest absolute Gasteiger partial charge is 0.378 e. The zero-order chi connectivity index (χ0) is 12.3. The van der Waals surface area contributed by atoms with Gasteiger partial charge in [-0.3, -0.25) is 10.1 Å². The van der Waals surface area contributed by atoms with E-state index in [0.29, 0.717) is 12.1 Å². The molecule has 1 heterocycles. The standard InChI is InChI=1S/C11H11N3O2S/c1-8-9(3-2-4-10(8)14(15)16)13-7-11-12-5-6-17-11/h2-6,13H,7H2,1H3. The number of benzene rings is 1. The van der Waals surface area contributed by atoms with Crippen molar-refractivity contribution in [2.75, 3.05) is 5.32 Å². The summed E-state index contributed by atoms with van der Waals surface area (Å²) in [4.78, 5) is 14.5. The van der Waals surface area contributed by atoms with Crippen LogP contribution in [0.15, 0.2) is 29.8 Å². The minimum Gasteiger partial charge on any atom is -0.378 e. The normalized spacial score (nSPS) is 10.2. The second kappa shape index (κ2) is 4.92. The van der Waals surface area contributed by atoms with Gasteiger partial charge in [0.15, 0.2) is 0 Å². The Bertz CT molecular complexity index is 526. The second-order valence-corrected chi connectivity index (χ2v) is 4.47. The Balaban J connectivity index is 2.16. The minimum atomic E-state index is -0.371. The lowest BCUT2D eigenvalue weighted by Crippen LogP contribution is -2.02. The number of nitrogens with zero attached hydrogens (tertiary/aromatic N) is 2. The number of nitro benzene ring substituents is 1. The lowest BCUT2D eigenvalue weighted by molar-refractivity contribution is -0.385. The van der Waals surface area contributed by atoms with Crippen LogP contribution in [0.4, 0.5) is 11.4 Å². The maximum atomic E-state index is 10.8. The van der Waals surface area contributed by atoms with Gasteiger partial charge >= 0.3 is 0 Å². The first-order valence-corrected chi connectivity index (χ1v) is 5.92. The van der Waals surface area contributed by atoms with Gasteiger partial charge in [0.25, 0.3) is 5.69 Å². The molecule has 17 heavy (non-hydrogen) atoms. The van der Waals surface area contributed by atoms with Crippen LogP contribution in [0.25, 0.3) is 0 Å². The van der Waals surface area contributed by atoms with E-state index in [0.717, 1.165) is 10.7 Å². The van der Waals surface area contributed by atoms with E-state index in [9.17, 15) is 10.1 Å². The molecule has 0 bridgehead atoms. The fourth-order valence-electron chi connectivity index (χ4n) is 1.52. The average Bonchev–Trinajstić information content (AvgIpc) is 2.80. The fraction of sp³-hybridized carbons (Fsp3) is 0.182. The molecule has 0 amide bonds. The molecule has 0 radical (unpaired) electrons. The minimum absolute atomic E-state index is 0.133. The highest BCUT2D eigenvalue weighted by Crippen LogP contribution is 2.25. The van der Waals surface area contributed by atoms with Crippen molar-refractivity contribution in [3.63, 3.8) is 0 Å². The summed E-state index contributed by atoms with van der Waals surface area (Å²) < 4.78 is 0. The van der Waals surface area contributed by atoms with Crippen molar-refractivity contribution < 1.29 is 4.92 Å². The Hall–Kier alpha value is -1.95. The molecule has 0 spiro atoms. The molecule has 2 rings (SSSR count). The van der Waals surface area contributed by atoms with E-state index in [1.165, 1.54) is 6.07 Å². The molecule has 2 aromatic rings. The molecule has 0 aliphatic heterocycles. The molecule has 0 unspecified atom stereocenters. The molecule has 88 valence electrons. The Morgan fingerprint density at radius 1 is 1.53 bits per heavy atom. The van der Waals surface area contributed by atoms with Gasteiger partial charge in [-0.2, -0.15) is 0 Å². The fourth-order valence-corrected chi connectivity index (χ4v) is 2.08. The van der Waals surface area contributed by atoms with Crippen LogP contribution < -0.4 is 5.32 Å². The van der Waals surface area contributed by atoms with Gasteiger partial charge in [-0.1, -0.05) is 6.07 Å². The van der Waals surface area contributed by atoms with Crippen LogP contribution in [-0.2, 0) is 6.54 Å². The molecule has 1 aromatic carbocycles. The summed E-state index contributed by atoms with van der Waals surface area (Å²) in [5.41, 5.74) is 1.55. The number of hydrogen-bond donors (Lipinski definition) is 1. The van der Waals surface area contributed by atoms with Crippen LogP contribution in [-0.4, -0.2) is 9.91 Å². The van der Waals surface area contributed by atoms with Crippen molar-refractivity contribution in [1.29, 1.82) is 0 Å². The van der Waals surface area contributed by atoms with Gasteiger partial charge in [0.05, 0.1) is 11.5 Å². The number of anilines is 1. The third-order valence-electron chi connectivity index (χ3n) is 2.42. The quantitative estimate of drug-likeness (QED) is 0.668. The highest BCUT2D eigenvalue weighted by atomic mass is 32.1. The summed E-state index contributed by atoms with van der Waals surface area (Å²) in [6.45, 7) is 2.32. The third kappa shape index (κ3) is 2.59. The Labute approximate surface area is 102 Å². The number of rotatable bonds is 4. The highest BCUT2D eigenvalue weighted by Gasteiger charge is 2.12. The second-order valence-electron chi connectivity index (χ2n) is 3.49. The van der Waals surface area contributed by atoms with Crippen LogP contribution in [0.5, 0.6) is 0 Å². The molecule has 0 fully saturated rings. The molecular formula is C11H11N3O2S. The van der Waals surface area contributed by atoms with E-state index in [1.54, 1.807) is 30.5 Å². The Morgan fingerprint density at radius 3 is 3.00 bits per heavy atom. The summed E-state index contributed by atoms with van der Waals surface area (Å²) in [7, 11) is 0. The molecule has 1 aromatic heterocycles. The molecule has 1 N–H and O–H groups in total. The molecular weight excluding hydrogens is 238 g/mol. The van der Waals surface area contributed by atoms with Crippen molar-refractivity contribution in [2.24, 2.45) is 0 Å². The van der Waals surface area contributed by atoms with Gasteiger partial charge in [0.1, 0.15) is 5.01 Å². The van der Waals surface area contributed by atoms with Gasteiger partial charge in [0.2, 0.25) is 0 Å². The van der Waals surface area contributed by atoms with Crippen molar-refractivity contribution in [3.8, 4) is 0 Å². The SMILES string of the molecule is Cc1c(NCc2nccs2)cccc1[N+](=O)[O-]. The molecule has 0 saturated carbocycles. The smallest absolute Gasteiger partial charge is 0.274 e. The third-order valence-corrected chi connectivity index (χ3v) is 3.20. The maximum absolute atomic E-state index is 10.8. The predicted octanol–water partition coefficient (Wildman–Crippen LogP) is 2.97. The lowest BCUT2D eigenvalue weighted by atomic mass is 10.1. The predicted molar refractivity (Wildman–Crippen MR) is 67.3 cm³/mol. The van der Waals surface area contributed by atoms with E-state index in [-0.39, 0.29) is 10.6 Å². The van der Waals surface area contributed by atoms with E-state index in [1.807, 2.05) is 11.4 Å². The highest BCUT2D eigenvalue weighted by molar-refractivity contribution is 7.09. The van der Waals surface area contributed by atoms with Crippen molar-refractivity contribution >= 4 is 22.7 Å². The zero-order valence-corrected chi connectivity index (χ0v) is 10.0. The first-order chi connectivity index (χ1) is 8.18. The average molecular weight is 249 g/mol. The lowest BCUT2D eigenvalue weighted by Gasteiger charge is -2.07. The number of aromatic nitrogens is 1. The summed E-state index contributed by atoms with van der Waals surface area (Å²) in [6, 6.07) is 5.01. The molecule has 0 atom stereocenters. The van der Waals surface area contributed by atoms with Gasteiger partial charge in [0, 0.05) is 28.9 Å². The Kier molecular flexibility index (Phi) is 3.34. The summed E-state index contributed by atoms with van der Waals surface area (Å²) in [5, 5.41) is 16.8. The van der Waals surface area contributed by atoms with Gasteiger partial charge in [-0.15, -0.1) is 11.3 Å². The molecule has 5 nitrogen and oxygen atoms in total. The molecule has 0 aliphatic rings. The van der Waals surface area contributed by atoms with E-state index in [2.05, 4.69) is 10.3 Å². The van der Waals surface area contributed by atoms with E-state index in [4.69, 9.17) is 0 Å². The van der Waals surface area contributed by atoms with Crippen molar-refractivity contribution in [2.45, 2.75) is 13.5 Å². The van der Waals surface area contributed by atoms with Crippen LogP contribution in [0.3, 0.4) is 0 Å². The molecule has 0 saturated heterocycles. The van der Waals surface area contributed by atoms with Crippen LogP contribution in [0.1, 0.15) is 10.6 Å². The van der Waals surface area contributed by atoms with Crippen LogP contribution in [0, 0.1) is 17.0 Å². The topological polar surface area (TPSA) is 68.1 Å². The first-order valence-electron chi connectivity index (χ1n) is 5.04. The number of hydrogen-bond acceptors (Lipinski definition) is 5. The summed E-state index contributed by atoms with van der Waals surface area (Å²) in [6.07, 6.45) is 1.74. The van der Waals surface area contributed by atoms with Gasteiger partial charge in [-0.25, -0.2) is 4.98 Å². The summed E-state index contributed by atoms with van der Waals surface area (Å²) >= 11 is 1.55. The van der Waals surface area contributed by atoms with E-state index >= 15 is 0 Å². The van der Waals surface area contributed by atoms with Crippen molar-refractivity contribution in [3.05, 3.63) is 50.5 Å². The summed E-state index contributed by atoms with van der Waals surface area (Å²) in [5.74, 6) is 0. The number of nitrogens with one attached hydrogen (secondary N) is 1. The molecule has 6 heteroatoms. The first kappa shape index (κ1) is 11.5. The maximum Gasteiger partial charge on any atom is 0.274 e. The van der Waals surface area contributed by atoms with Gasteiger partial charge in [-0.05, 0) is 13.0 Å². The number of nitro groups is 1. The Morgan fingerprint density at radius 2 is 2.35 bits per heavy atom. The van der Waals surface area contributed by atoms with E-state index < -0.39 is 0 Å². The molecule has 0 aliphatic carbocycles. The van der Waals surface area contributed by atoms with Crippen LogP contribution in [0.2, 0.25) is 0 Å².